The van der Waals surface area contributed by atoms with Gasteiger partial charge in [0.05, 0.1) is 6.54 Å². The minimum Gasteiger partial charge on any atom is -0.368 e. The molecule has 2 saturated heterocycles. The Bertz CT molecular complexity index is 599. The second-order valence-electron chi connectivity index (χ2n) is 7.38. The monoisotopic (exact) mass is 524 g/mol. The topological polar surface area (TPSA) is 97.8 Å². The number of carbonyl (C=O) groups is 3. The molecule has 0 saturated carbocycles. The molecular formula is C18H33IN6O4. The molecule has 29 heavy (non-hydrogen) atoms. The predicted octanol–water partition coefficient (Wildman–Crippen LogP) is -0.950. The lowest BCUT2D eigenvalue weighted by Crippen LogP contribution is -2.56. The highest BCUT2D eigenvalue weighted by molar-refractivity contribution is 14.0. The normalized spacial score (nSPS) is 19.4. The van der Waals surface area contributed by atoms with Gasteiger partial charge in [0.2, 0.25) is 11.8 Å². The molecule has 2 aliphatic heterocycles. The van der Waals surface area contributed by atoms with Crippen molar-refractivity contribution in [3.05, 3.63) is 0 Å². The summed E-state index contributed by atoms with van der Waals surface area (Å²) in [5.74, 6) is 0.355. The average molecular weight is 524 g/mol. The third-order valence-electron chi connectivity index (χ3n) is 4.86. The molecular weight excluding hydrogens is 491 g/mol. The van der Waals surface area contributed by atoms with Crippen LogP contribution in [0.15, 0.2) is 4.99 Å². The van der Waals surface area contributed by atoms with Gasteiger partial charge in [-0.1, -0.05) is 0 Å². The standard InChI is InChI=1S/C18H32N6O4.HI/c1-21(2)15(25)12-19-18(20-13-16(26)22(3)4)24-9-7-23(8-10-24)17(27)14-6-5-11-28-14;/h14H,5-13H2,1-4H3,(H,19,20);1H. The maximum absolute atomic E-state index is 12.5. The van der Waals surface area contributed by atoms with Crippen molar-refractivity contribution in [1.29, 1.82) is 0 Å². The number of amides is 3. The average Bonchev–Trinajstić information content (AvgIpc) is 3.21. The van der Waals surface area contributed by atoms with Crippen molar-refractivity contribution in [1.82, 2.24) is 24.9 Å². The molecule has 10 nitrogen and oxygen atoms in total. The Hall–Kier alpha value is -1.63. The van der Waals surface area contributed by atoms with Crippen molar-refractivity contribution >= 4 is 47.7 Å². The van der Waals surface area contributed by atoms with Gasteiger partial charge in [-0.25, -0.2) is 4.99 Å². The minimum absolute atomic E-state index is 0. The van der Waals surface area contributed by atoms with E-state index in [4.69, 9.17) is 4.74 Å². The Morgan fingerprint density at radius 1 is 1.00 bits per heavy atom. The van der Waals surface area contributed by atoms with Gasteiger partial charge in [0.25, 0.3) is 5.91 Å². The molecule has 1 atom stereocenters. The second kappa shape index (κ2) is 12.2. The summed E-state index contributed by atoms with van der Waals surface area (Å²) in [5, 5.41) is 3.05. The first kappa shape index (κ1) is 25.4. The highest BCUT2D eigenvalue weighted by atomic mass is 127. The first-order valence-electron chi connectivity index (χ1n) is 9.63. The van der Waals surface area contributed by atoms with Gasteiger partial charge in [0.15, 0.2) is 5.96 Å². The molecule has 0 aromatic carbocycles. The molecule has 0 radical (unpaired) electrons. The Morgan fingerprint density at radius 2 is 1.59 bits per heavy atom. The SMILES string of the molecule is CN(C)C(=O)CN=C(NCC(=O)N(C)C)N1CCN(C(=O)C2CCCO2)CC1.I. The van der Waals surface area contributed by atoms with Crippen LogP contribution >= 0.6 is 24.0 Å². The minimum atomic E-state index is -0.312. The van der Waals surface area contributed by atoms with Crippen LogP contribution in [0.1, 0.15) is 12.8 Å². The van der Waals surface area contributed by atoms with Gasteiger partial charge in [0, 0.05) is 61.0 Å². The lowest BCUT2D eigenvalue weighted by atomic mass is 10.2. The maximum atomic E-state index is 12.5. The number of hydrogen-bond donors (Lipinski definition) is 1. The van der Waals surface area contributed by atoms with Crippen LogP contribution in [0.25, 0.3) is 0 Å². The third kappa shape index (κ3) is 7.61. The van der Waals surface area contributed by atoms with E-state index in [-0.39, 0.29) is 60.9 Å². The van der Waals surface area contributed by atoms with Crippen molar-refractivity contribution in [2.75, 3.05) is 74.1 Å². The lowest BCUT2D eigenvalue weighted by molar-refractivity contribution is -0.142. The molecule has 2 aliphatic rings. The molecule has 0 spiro atoms. The number of halogens is 1. The molecule has 2 heterocycles. The summed E-state index contributed by atoms with van der Waals surface area (Å²) < 4.78 is 5.49. The van der Waals surface area contributed by atoms with Crippen LogP contribution in [-0.2, 0) is 19.1 Å². The summed E-state index contributed by atoms with van der Waals surface area (Å²) in [5.41, 5.74) is 0. The fourth-order valence-electron chi connectivity index (χ4n) is 2.98. The molecule has 0 bridgehead atoms. The van der Waals surface area contributed by atoms with E-state index < -0.39 is 0 Å². The van der Waals surface area contributed by atoms with Gasteiger partial charge < -0.3 is 29.7 Å². The van der Waals surface area contributed by atoms with Crippen LogP contribution in [0.3, 0.4) is 0 Å². The molecule has 166 valence electrons. The first-order valence-corrected chi connectivity index (χ1v) is 9.63. The highest BCUT2D eigenvalue weighted by Gasteiger charge is 2.31. The highest BCUT2D eigenvalue weighted by Crippen LogP contribution is 2.16. The van der Waals surface area contributed by atoms with Gasteiger partial charge in [-0.15, -0.1) is 24.0 Å². The number of likely N-dealkylation sites (N-methyl/N-ethyl adjacent to an activating group) is 2. The lowest BCUT2D eigenvalue weighted by Gasteiger charge is -2.37. The van der Waals surface area contributed by atoms with Crippen molar-refractivity contribution in [3.63, 3.8) is 0 Å². The number of hydrogen-bond acceptors (Lipinski definition) is 5. The quantitative estimate of drug-likeness (QED) is 0.283. The molecule has 0 aliphatic carbocycles. The van der Waals surface area contributed by atoms with Crippen LogP contribution in [0, 0.1) is 0 Å². The van der Waals surface area contributed by atoms with Crippen LogP contribution < -0.4 is 5.32 Å². The van der Waals surface area contributed by atoms with Gasteiger partial charge in [-0.3, -0.25) is 14.4 Å². The van der Waals surface area contributed by atoms with Gasteiger partial charge in [-0.2, -0.15) is 0 Å². The van der Waals surface area contributed by atoms with E-state index >= 15 is 0 Å². The van der Waals surface area contributed by atoms with Crippen molar-refractivity contribution in [3.8, 4) is 0 Å². The summed E-state index contributed by atoms with van der Waals surface area (Å²) >= 11 is 0. The molecule has 0 aromatic heterocycles. The van der Waals surface area contributed by atoms with Gasteiger partial charge in [0.1, 0.15) is 12.6 Å². The zero-order valence-electron chi connectivity index (χ0n) is 17.7. The Balaban J connectivity index is 0.00000420. The van der Waals surface area contributed by atoms with Crippen LogP contribution in [0.4, 0.5) is 0 Å². The summed E-state index contributed by atoms with van der Waals surface area (Å²) in [4.78, 5) is 47.5. The van der Waals surface area contributed by atoms with Crippen molar-refractivity contribution < 1.29 is 19.1 Å². The van der Waals surface area contributed by atoms with Gasteiger partial charge in [-0.05, 0) is 12.8 Å². The molecule has 3 amide bonds. The molecule has 0 aromatic rings. The number of guanidine groups is 1. The summed E-state index contributed by atoms with van der Waals surface area (Å²) in [6, 6.07) is 0. The largest absolute Gasteiger partial charge is 0.368 e. The zero-order chi connectivity index (χ0) is 20.7. The fourth-order valence-corrected chi connectivity index (χ4v) is 2.98. The van der Waals surface area contributed by atoms with Crippen LogP contribution in [0.2, 0.25) is 0 Å². The van der Waals surface area contributed by atoms with E-state index in [9.17, 15) is 14.4 Å². The van der Waals surface area contributed by atoms with E-state index in [0.717, 1.165) is 12.8 Å². The van der Waals surface area contributed by atoms with E-state index in [0.29, 0.717) is 38.7 Å². The molecule has 11 heteroatoms. The Morgan fingerprint density at radius 3 is 2.10 bits per heavy atom. The van der Waals surface area contributed by atoms with E-state index in [1.165, 1.54) is 9.80 Å². The van der Waals surface area contributed by atoms with Gasteiger partial charge >= 0.3 is 0 Å². The van der Waals surface area contributed by atoms with E-state index in [2.05, 4.69) is 10.3 Å². The second-order valence-corrected chi connectivity index (χ2v) is 7.38. The Labute approximate surface area is 189 Å². The first-order chi connectivity index (χ1) is 13.3. The molecule has 1 unspecified atom stereocenters. The smallest absolute Gasteiger partial charge is 0.251 e. The molecule has 1 N–H and O–H groups in total. The number of aliphatic imine (C=N–C) groups is 1. The molecule has 2 rings (SSSR count). The number of rotatable bonds is 5. The fraction of sp³-hybridized carbons (Fsp3) is 0.778. The van der Waals surface area contributed by atoms with Crippen LogP contribution in [0.5, 0.6) is 0 Å². The predicted molar refractivity (Wildman–Crippen MR) is 120 cm³/mol. The molecule has 2 fully saturated rings. The third-order valence-corrected chi connectivity index (χ3v) is 4.86. The van der Waals surface area contributed by atoms with Crippen molar-refractivity contribution in [2.24, 2.45) is 4.99 Å². The summed E-state index contributed by atoms with van der Waals surface area (Å²) in [7, 11) is 6.73. The number of carbonyl (C=O) groups excluding carboxylic acids is 3. The number of piperazine rings is 1. The Kier molecular flexibility index (Phi) is 10.6. The summed E-state index contributed by atoms with van der Waals surface area (Å²) in [6.45, 7) is 3.02. The number of ether oxygens (including phenoxy) is 1. The van der Waals surface area contributed by atoms with Crippen LogP contribution in [-0.4, -0.2) is 123 Å². The van der Waals surface area contributed by atoms with Crippen molar-refractivity contribution in [2.45, 2.75) is 18.9 Å². The number of nitrogens with one attached hydrogen (secondary N) is 1. The number of nitrogens with zero attached hydrogens (tertiary/aromatic N) is 5. The maximum Gasteiger partial charge on any atom is 0.251 e. The van der Waals surface area contributed by atoms with E-state index in [1.54, 1.807) is 28.2 Å². The summed E-state index contributed by atoms with van der Waals surface area (Å²) in [6.07, 6.45) is 1.40. The zero-order valence-corrected chi connectivity index (χ0v) is 20.0. The van der Waals surface area contributed by atoms with E-state index in [1.807, 2.05) is 9.80 Å².